The minimum atomic E-state index is 0.157. The number of benzene rings is 1. The zero-order valence-corrected chi connectivity index (χ0v) is 9.88. The fourth-order valence-corrected chi connectivity index (χ4v) is 1.35. The quantitative estimate of drug-likeness (QED) is 0.786. The van der Waals surface area contributed by atoms with Crippen molar-refractivity contribution < 1.29 is 4.74 Å². The highest BCUT2D eigenvalue weighted by atomic mass is 35.5. The van der Waals surface area contributed by atoms with Crippen LogP contribution in [0.2, 0.25) is 10.0 Å². The van der Waals surface area contributed by atoms with E-state index in [4.69, 9.17) is 51.1 Å². The first-order valence-electron chi connectivity index (χ1n) is 3.60. The largest absolute Gasteiger partial charge is 0.489 e. The lowest BCUT2D eigenvalue weighted by atomic mass is 10.3. The van der Waals surface area contributed by atoms with Gasteiger partial charge in [-0.15, -0.1) is 0 Å². The number of rotatable bonds is 3. The highest BCUT2D eigenvalue weighted by molar-refractivity contribution is 6.55. The Balaban J connectivity index is 2.63. The van der Waals surface area contributed by atoms with Crippen molar-refractivity contribution in [1.29, 1.82) is 0 Å². The molecule has 1 aromatic carbocycles. The van der Waals surface area contributed by atoms with Gasteiger partial charge in [0.2, 0.25) is 0 Å². The summed E-state index contributed by atoms with van der Waals surface area (Å²) < 4.78 is 5.40. The molecule has 14 heavy (non-hydrogen) atoms. The van der Waals surface area contributed by atoms with Gasteiger partial charge in [-0.05, 0) is 18.2 Å². The van der Waals surface area contributed by atoms with E-state index in [0.717, 1.165) is 0 Å². The van der Waals surface area contributed by atoms with Gasteiger partial charge in [0.05, 0.1) is 10.0 Å². The molecule has 0 saturated heterocycles. The monoisotopic (exact) mass is 269 g/mol. The first-order valence-corrected chi connectivity index (χ1v) is 5.11. The Morgan fingerprint density at radius 1 is 1.29 bits per heavy atom. The van der Waals surface area contributed by atoms with Gasteiger partial charge in [-0.3, -0.25) is 0 Å². The molecule has 0 saturated carbocycles. The Hall–Kier alpha value is -0.0800. The molecule has 0 aliphatic carbocycles. The van der Waals surface area contributed by atoms with E-state index in [-0.39, 0.29) is 11.1 Å². The van der Waals surface area contributed by atoms with Crippen LogP contribution in [0.3, 0.4) is 0 Å². The van der Waals surface area contributed by atoms with Crippen LogP contribution in [0.4, 0.5) is 0 Å². The lowest BCUT2D eigenvalue weighted by molar-refractivity contribution is 0.363. The summed E-state index contributed by atoms with van der Waals surface area (Å²) in [5.41, 5.74) is 0. The minimum absolute atomic E-state index is 0.157. The van der Waals surface area contributed by atoms with E-state index >= 15 is 0 Å². The maximum absolute atomic E-state index is 5.70. The molecule has 1 radical (unpaired) electrons. The molecule has 0 fully saturated rings. The van der Waals surface area contributed by atoms with Crippen LogP contribution in [0.25, 0.3) is 0 Å². The summed E-state index contributed by atoms with van der Waals surface area (Å²) in [5.74, 6) is 0.546. The Labute approximate surface area is 102 Å². The van der Waals surface area contributed by atoms with Crippen molar-refractivity contribution >= 4 is 46.4 Å². The molecule has 0 aliphatic rings. The third-order valence-corrected chi connectivity index (χ3v) is 1.98. The summed E-state index contributed by atoms with van der Waals surface area (Å²) in [4.78, 5) is 0. The third kappa shape index (κ3) is 4.43. The SMILES string of the molecule is ClC(Cl)=CCOc1cc(Cl)[c]c(Cl)c1. The lowest BCUT2D eigenvalue weighted by Gasteiger charge is -2.03. The van der Waals surface area contributed by atoms with Crippen LogP contribution in [-0.2, 0) is 0 Å². The summed E-state index contributed by atoms with van der Waals surface area (Å²) in [6, 6.07) is 5.89. The van der Waals surface area contributed by atoms with Crippen molar-refractivity contribution in [3.63, 3.8) is 0 Å². The minimum Gasteiger partial charge on any atom is -0.489 e. The van der Waals surface area contributed by atoms with E-state index in [1.807, 2.05) is 0 Å². The molecule has 0 amide bonds. The van der Waals surface area contributed by atoms with Gasteiger partial charge in [0.1, 0.15) is 16.8 Å². The first kappa shape index (κ1) is 12.0. The fourth-order valence-electron chi connectivity index (χ4n) is 0.762. The topological polar surface area (TPSA) is 9.23 Å². The Morgan fingerprint density at radius 2 is 1.86 bits per heavy atom. The lowest BCUT2D eigenvalue weighted by Crippen LogP contribution is -1.93. The van der Waals surface area contributed by atoms with Gasteiger partial charge >= 0.3 is 0 Å². The standard InChI is InChI=1S/C9H5Cl4O/c10-6-3-7(11)5-8(4-6)14-2-1-9(12)13/h1,4-5H,2H2. The molecule has 1 rings (SSSR count). The molecule has 1 nitrogen and oxygen atoms in total. The predicted molar refractivity (Wildman–Crippen MR) is 60.6 cm³/mol. The maximum atomic E-state index is 5.70. The second-order valence-corrected chi connectivity index (χ2v) is 4.14. The van der Waals surface area contributed by atoms with E-state index < -0.39 is 0 Å². The molecule has 0 unspecified atom stereocenters. The van der Waals surface area contributed by atoms with E-state index in [9.17, 15) is 0 Å². The van der Waals surface area contributed by atoms with Crippen molar-refractivity contribution in [2.45, 2.75) is 0 Å². The van der Waals surface area contributed by atoms with Crippen molar-refractivity contribution in [3.05, 3.63) is 38.8 Å². The first-order chi connectivity index (χ1) is 6.58. The summed E-state index contributed by atoms with van der Waals surface area (Å²) >= 11 is 22.2. The Kier molecular flexibility index (Phi) is 4.90. The van der Waals surface area contributed by atoms with Crippen LogP contribution >= 0.6 is 46.4 Å². The zero-order valence-electron chi connectivity index (χ0n) is 6.86. The van der Waals surface area contributed by atoms with Crippen LogP contribution in [0.1, 0.15) is 0 Å². The zero-order chi connectivity index (χ0) is 10.6. The molecule has 75 valence electrons. The van der Waals surface area contributed by atoms with Crippen LogP contribution in [0.5, 0.6) is 5.75 Å². The molecular weight excluding hydrogens is 266 g/mol. The van der Waals surface area contributed by atoms with Gasteiger partial charge in [-0.1, -0.05) is 46.4 Å². The van der Waals surface area contributed by atoms with Crippen molar-refractivity contribution in [3.8, 4) is 5.75 Å². The number of hydrogen-bond donors (Lipinski definition) is 0. The highest BCUT2D eigenvalue weighted by Gasteiger charge is 1.98. The van der Waals surface area contributed by atoms with Gasteiger partial charge in [-0.2, -0.15) is 0 Å². The fraction of sp³-hybridized carbons (Fsp3) is 0.111. The van der Waals surface area contributed by atoms with Crippen LogP contribution in [-0.4, -0.2) is 6.61 Å². The van der Waals surface area contributed by atoms with Gasteiger partial charge in [0, 0.05) is 6.07 Å². The second-order valence-electron chi connectivity index (χ2n) is 2.32. The average molecular weight is 271 g/mol. The summed E-state index contributed by atoms with van der Waals surface area (Å²) in [5, 5.41) is 0.793. The summed E-state index contributed by atoms with van der Waals surface area (Å²) in [6.07, 6.45) is 1.52. The third-order valence-electron chi connectivity index (χ3n) is 1.26. The van der Waals surface area contributed by atoms with E-state index in [1.54, 1.807) is 12.1 Å². The Morgan fingerprint density at radius 3 is 2.36 bits per heavy atom. The van der Waals surface area contributed by atoms with Crippen LogP contribution in [0.15, 0.2) is 22.7 Å². The molecular formula is C9H5Cl4O. The van der Waals surface area contributed by atoms with Crippen LogP contribution < -0.4 is 4.74 Å². The molecule has 5 heteroatoms. The van der Waals surface area contributed by atoms with Gasteiger partial charge in [0.25, 0.3) is 0 Å². The molecule has 0 heterocycles. The van der Waals surface area contributed by atoms with Crippen molar-refractivity contribution in [1.82, 2.24) is 0 Å². The number of halogens is 4. The maximum Gasteiger partial charge on any atom is 0.122 e. The summed E-state index contributed by atoms with van der Waals surface area (Å²) in [6.45, 7) is 0.263. The van der Waals surface area contributed by atoms with E-state index in [2.05, 4.69) is 6.07 Å². The van der Waals surface area contributed by atoms with Gasteiger partial charge < -0.3 is 4.74 Å². The Bertz CT molecular complexity index is 324. The molecule has 0 bridgehead atoms. The number of ether oxygens (including phenoxy) is 1. The average Bonchev–Trinajstić information content (AvgIpc) is 2.01. The molecule has 0 aliphatic heterocycles. The van der Waals surface area contributed by atoms with E-state index in [0.29, 0.717) is 15.8 Å². The van der Waals surface area contributed by atoms with Gasteiger partial charge in [0.15, 0.2) is 0 Å². The number of hydrogen-bond acceptors (Lipinski definition) is 1. The smallest absolute Gasteiger partial charge is 0.122 e. The van der Waals surface area contributed by atoms with Crippen molar-refractivity contribution in [2.24, 2.45) is 0 Å². The molecule has 0 aromatic heterocycles. The molecule has 1 aromatic rings. The van der Waals surface area contributed by atoms with Crippen LogP contribution in [0, 0.1) is 6.07 Å². The van der Waals surface area contributed by atoms with Crippen molar-refractivity contribution in [2.75, 3.05) is 6.61 Å². The van der Waals surface area contributed by atoms with Gasteiger partial charge in [-0.25, -0.2) is 0 Å². The molecule has 0 atom stereocenters. The molecule has 0 spiro atoms. The second kappa shape index (κ2) is 5.72. The predicted octanol–water partition coefficient (Wildman–Crippen LogP) is 4.49. The van der Waals surface area contributed by atoms with E-state index in [1.165, 1.54) is 6.08 Å². The normalized spacial score (nSPS) is 9.71. The molecule has 0 N–H and O–H groups in total. The highest BCUT2D eigenvalue weighted by Crippen LogP contribution is 2.23. The summed E-state index contributed by atoms with van der Waals surface area (Å²) in [7, 11) is 0.